The van der Waals surface area contributed by atoms with Gasteiger partial charge in [-0.25, -0.2) is 0 Å². The van der Waals surface area contributed by atoms with Gasteiger partial charge in [-0.15, -0.1) is 5.10 Å². The van der Waals surface area contributed by atoms with Crippen molar-refractivity contribution in [3.63, 3.8) is 0 Å². The molecule has 2 aromatic heterocycles. The summed E-state index contributed by atoms with van der Waals surface area (Å²) in [5.41, 5.74) is 3.18. The Hall–Kier alpha value is -1.73. The molecular formula is C16H16N4OS2. The number of fused-ring (bicyclic) bond motifs is 2. The van der Waals surface area contributed by atoms with Crippen LogP contribution < -0.4 is 5.56 Å². The number of rotatable bonds is 3. The fraction of sp³-hybridized carbons (Fsp3) is 0.312. The molecule has 23 heavy (non-hydrogen) atoms. The molecule has 0 amide bonds. The van der Waals surface area contributed by atoms with Crippen LogP contribution in [0.2, 0.25) is 0 Å². The molecule has 1 aliphatic rings. The predicted octanol–water partition coefficient (Wildman–Crippen LogP) is 2.45. The first-order valence-corrected chi connectivity index (χ1v) is 9.83. The summed E-state index contributed by atoms with van der Waals surface area (Å²) in [4.78, 5) is 17.3. The van der Waals surface area contributed by atoms with E-state index in [1.807, 2.05) is 36.2 Å². The number of thioether (sulfide) groups is 2. The Balaban J connectivity index is 1.98. The quantitative estimate of drug-likeness (QED) is 0.683. The van der Waals surface area contributed by atoms with E-state index in [0.717, 1.165) is 29.2 Å². The molecule has 0 N–H and O–H groups in total. The van der Waals surface area contributed by atoms with E-state index < -0.39 is 0 Å². The maximum atomic E-state index is 12.7. The lowest BCUT2D eigenvalue weighted by molar-refractivity contribution is 0.694. The van der Waals surface area contributed by atoms with Gasteiger partial charge in [0.25, 0.3) is 5.56 Å². The molecule has 0 radical (unpaired) electrons. The lowest BCUT2D eigenvalue weighted by Crippen LogP contribution is -2.29. The fourth-order valence-corrected chi connectivity index (χ4v) is 4.24. The van der Waals surface area contributed by atoms with Gasteiger partial charge in [0.15, 0.2) is 0 Å². The minimum atomic E-state index is -0.0145. The van der Waals surface area contributed by atoms with E-state index in [1.165, 1.54) is 21.8 Å². The molecule has 0 spiro atoms. The molecule has 0 bridgehead atoms. The first-order chi connectivity index (χ1) is 11.3. The van der Waals surface area contributed by atoms with Crippen molar-refractivity contribution in [1.29, 1.82) is 0 Å². The predicted molar refractivity (Wildman–Crippen MR) is 94.4 cm³/mol. The van der Waals surface area contributed by atoms with Gasteiger partial charge in [0.05, 0.1) is 6.54 Å². The highest BCUT2D eigenvalue weighted by atomic mass is 32.2. The van der Waals surface area contributed by atoms with Crippen molar-refractivity contribution in [2.75, 3.05) is 12.0 Å². The lowest BCUT2D eigenvalue weighted by atomic mass is 10.1. The van der Waals surface area contributed by atoms with Gasteiger partial charge in [0, 0.05) is 17.0 Å². The highest BCUT2D eigenvalue weighted by Gasteiger charge is 2.22. The van der Waals surface area contributed by atoms with Gasteiger partial charge in [0.2, 0.25) is 10.9 Å². The van der Waals surface area contributed by atoms with Gasteiger partial charge in [-0.2, -0.15) is 21.3 Å². The second-order valence-electron chi connectivity index (χ2n) is 5.42. The van der Waals surface area contributed by atoms with E-state index in [1.54, 1.807) is 0 Å². The van der Waals surface area contributed by atoms with Crippen LogP contribution in [-0.2, 0) is 18.7 Å². The fourth-order valence-electron chi connectivity index (χ4n) is 2.92. The Morgan fingerprint density at radius 2 is 2.13 bits per heavy atom. The third-order valence-electron chi connectivity index (χ3n) is 4.03. The van der Waals surface area contributed by atoms with Crippen LogP contribution in [0.5, 0.6) is 0 Å². The van der Waals surface area contributed by atoms with Gasteiger partial charge in [-0.05, 0) is 24.0 Å². The zero-order valence-electron chi connectivity index (χ0n) is 12.7. The van der Waals surface area contributed by atoms with Gasteiger partial charge in [-0.3, -0.25) is 4.79 Å². The summed E-state index contributed by atoms with van der Waals surface area (Å²) >= 11 is 3.27. The van der Waals surface area contributed by atoms with Gasteiger partial charge in [0.1, 0.15) is 0 Å². The topological polar surface area (TPSA) is 52.2 Å². The van der Waals surface area contributed by atoms with Gasteiger partial charge in [-0.1, -0.05) is 42.1 Å². The molecule has 1 aliphatic heterocycles. The monoisotopic (exact) mass is 344 g/mol. The summed E-state index contributed by atoms with van der Waals surface area (Å²) in [7, 11) is 0. The van der Waals surface area contributed by atoms with Crippen molar-refractivity contribution in [2.24, 2.45) is 0 Å². The summed E-state index contributed by atoms with van der Waals surface area (Å²) in [5, 5.41) is 5.00. The van der Waals surface area contributed by atoms with Crippen LogP contribution in [0, 0.1) is 0 Å². The summed E-state index contributed by atoms with van der Waals surface area (Å²) in [6.45, 7) is 0.712. The smallest absolute Gasteiger partial charge is 0.279 e. The molecule has 118 valence electrons. The molecule has 0 aliphatic carbocycles. The highest BCUT2D eigenvalue weighted by molar-refractivity contribution is 7.98. The normalized spacial score (nSPS) is 14.1. The average molecular weight is 344 g/mol. The minimum Gasteiger partial charge on any atom is -0.309 e. The van der Waals surface area contributed by atoms with Crippen molar-refractivity contribution >= 4 is 29.3 Å². The SMILES string of the molecule is CSc1nc2n(Cc3ccccc3)c3c(c(=O)n2n1)CSCC3. The van der Waals surface area contributed by atoms with E-state index in [0.29, 0.717) is 17.5 Å². The molecule has 4 rings (SSSR count). The van der Waals surface area contributed by atoms with Crippen LogP contribution in [0.3, 0.4) is 0 Å². The Morgan fingerprint density at radius 1 is 1.30 bits per heavy atom. The lowest BCUT2D eigenvalue weighted by Gasteiger charge is -2.21. The van der Waals surface area contributed by atoms with E-state index in [2.05, 4.69) is 26.8 Å². The molecular weight excluding hydrogens is 328 g/mol. The van der Waals surface area contributed by atoms with Crippen LogP contribution in [0.1, 0.15) is 16.8 Å². The maximum Gasteiger partial charge on any atom is 0.279 e. The van der Waals surface area contributed by atoms with Crippen LogP contribution in [0.25, 0.3) is 5.78 Å². The molecule has 3 heterocycles. The third kappa shape index (κ3) is 2.57. The Bertz CT molecular complexity index is 917. The second-order valence-corrected chi connectivity index (χ2v) is 7.29. The van der Waals surface area contributed by atoms with Crippen LogP contribution in [-0.4, -0.2) is 31.2 Å². The number of nitrogens with zero attached hydrogens (tertiary/aromatic N) is 4. The Labute approximate surface area is 142 Å². The maximum absolute atomic E-state index is 12.7. The molecule has 1 aromatic carbocycles. The van der Waals surface area contributed by atoms with E-state index in [4.69, 9.17) is 0 Å². The first kappa shape index (κ1) is 14.8. The molecule has 0 unspecified atom stereocenters. The third-order valence-corrected chi connectivity index (χ3v) is 5.56. The standard InChI is InChI=1S/C16H16N4OS2/c1-22-15-17-16-19(9-11-5-3-2-4-6-11)13-7-8-23-10-12(13)14(21)20(16)18-15/h2-6H,7-10H2,1H3. The van der Waals surface area contributed by atoms with Crippen LogP contribution in [0.15, 0.2) is 40.3 Å². The summed E-state index contributed by atoms with van der Waals surface area (Å²) < 4.78 is 3.64. The zero-order valence-corrected chi connectivity index (χ0v) is 14.4. The molecule has 7 heteroatoms. The van der Waals surface area contributed by atoms with Gasteiger partial charge >= 0.3 is 0 Å². The van der Waals surface area contributed by atoms with Crippen molar-refractivity contribution in [2.45, 2.75) is 23.9 Å². The number of benzene rings is 1. The van der Waals surface area contributed by atoms with Crippen LogP contribution >= 0.6 is 23.5 Å². The summed E-state index contributed by atoms with van der Waals surface area (Å²) in [6, 6.07) is 10.3. The largest absolute Gasteiger partial charge is 0.309 e. The first-order valence-electron chi connectivity index (χ1n) is 7.45. The van der Waals surface area contributed by atoms with Crippen molar-refractivity contribution < 1.29 is 0 Å². The molecule has 0 fully saturated rings. The van der Waals surface area contributed by atoms with Crippen molar-refractivity contribution in [1.82, 2.24) is 19.2 Å². The van der Waals surface area contributed by atoms with E-state index >= 15 is 0 Å². The second kappa shape index (κ2) is 6.05. The molecule has 5 nitrogen and oxygen atoms in total. The number of aromatic nitrogens is 4. The summed E-state index contributed by atoms with van der Waals surface area (Å²) in [5.74, 6) is 2.45. The molecule has 3 aromatic rings. The molecule has 0 atom stereocenters. The zero-order chi connectivity index (χ0) is 15.8. The van der Waals surface area contributed by atoms with E-state index in [-0.39, 0.29) is 5.56 Å². The Kier molecular flexibility index (Phi) is 3.90. The minimum absolute atomic E-state index is 0.0145. The van der Waals surface area contributed by atoms with Gasteiger partial charge < -0.3 is 4.57 Å². The molecule has 0 saturated carbocycles. The van der Waals surface area contributed by atoms with Crippen molar-refractivity contribution in [3.05, 3.63) is 57.5 Å². The molecule has 0 saturated heterocycles. The summed E-state index contributed by atoms with van der Waals surface area (Å²) in [6.07, 6.45) is 2.83. The highest BCUT2D eigenvalue weighted by Crippen LogP contribution is 2.24. The van der Waals surface area contributed by atoms with E-state index in [9.17, 15) is 4.79 Å². The number of hydrogen-bond donors (Lipinski definition) is 0. The number of hydrogen-bond acceptors (Lipinski definition) is 5. The Morgan fingerprint density at radius 3 is 2.91 bits per heavy atom. The van der Waals surface area contributed by atoms with Crippen molar-refractivity contribution in [3.8, 4) is 0 Å². The average Bonchev–Trinajstić information content (AvgIpc) is 3.04. The van der Waals surface area contributed by atoms with Crippen LogP contribution in [0.4, 0.5) is 0 Å².